The molecule has 0 saturated heterocycles. The second kappa shape index (κ2) is 7.49. The Morgan fingerprint density at radius 1 is 0.933 bits per heavy atom. The fourth-order valence-corrected chi connectivity index (χ4v) is 3.72. The SMILES string of the molecule is O=C(Nc1ccc(-c2ccc3nnc(-c4cccs4)n3n2)cc1)c1ccc(F)cc1. The molecule has 0 radical (unpaired) electrons. The van der Waals surface area contributed by atoms with Gasteiger partial charge in [-0.25, -0.2) is 4.39 Å². The Labute approximate surface area is 174 Å². The number of hydrogen-bond acceptors (Lipinski definition) is 5. The number of aromatic nitrogens is 4. The normalized spacial score (nSPS) is 11.0. The zero-order chi connectivity index (χ0) is 20.5. The third kappa shape index (κ3) is 3.44. The van der Waals surface area contributed by atoms with Gasteiger partial charge < -0.3 is 5.32 Å². The molecule has 8 heteroatoms. The Kier molecular flexibility index (Phi) is 4.53. The van der Waals surface area contributed by atoms with Gasteiger partial charge in [0.25, 0.3) is 5.91 Å². The summed E-state index contributed by atoms with van der Waals surface area (Å²) >= 11 is 1.58. The van der Waals surface area contributed by atoms with E-state index in [1.807, 2.05) is 41.8 Å². The zero-order valence-corrected chi connectivity index (χ0v) is 16.3. The van der Waals surface area contributed by atoms with E-state index in [2.05, 4.69) is 20.6 Å². The average Bonchev–Trinajstić information content (AvgIpc) is 3.44. The quantitative estimate of drug-likeness (QED) is 0.453. The highest BCUT2D eigenvalue weighted by Gasteiger charge is 2.12. The smallest absolute Gasteiger partial charge is 0.255 e. The number of thiophene rings is 1. The van der Waals surface area contributed by atoms with E-state index >= 15 is 0 Å². The van der Waals surface area contributed by atoms with Gasteiger partial charge in [-0.1, -0.05) is 18.2 Å². The number of fused-ring (bicyclic) bond motifs is 1. The summed E-state index contributed by atoms with van der Waals surface area (Å²) in [6.45, 7) is 0. The van der Waals surface area contributed by atoms with Gasteiger partial charge in [-0.15, -0.1) is 21.5 Å². The highest BCUT2D eigenvalue weighted by molar-refractivity contribution is 7.13. The Morgan fingerprint density at radius 2 is 1.73 bits per heavy atom. The first-order valence-electron chi connectivity index (χ1n) is 9.11. The van der Waals surface area contributed by atoms with Gasteiger partial charge in [0.2, 0.25) is 0 Å². The van der Waals surface area contributed by atoms with Crippen molar-refractivity contribution in [1.82, 2.24) is 19.8 Å². The first-order valence-corrected chi connectivity index (χ1v) is 9.99. The molecule has 3 heterocycles. The molecule has 0 unspecified atom stereocenters. The minimum Gasteiger partial charge on any atom is -0.322 e. The fraction of sp³-hybridized carbons (Fsp3) is 0. The third-order valence-corrected chi connectivity index (χ3v) is 5.42. The lowest BCUT2D eigenvalue weighted by Gasteiger charge is -2.07. The number of hydrogen-bond donors (Lipinski definition) is 1. The van der Waals surface area contributed by atoms with E-state index < -0.39 is 0 Å². The second-order valence-electron chi connectivity index (χ2n) is 6.53. The summed E-state index contributed by atoms with van der Waals surface area (Å²) in [6, 6.07) is 20.5. The molecular formula is C22H14FN5OS. The van der Waals surface area contributed by atoms with Gasteiger partial charge >= 0.3 is 0 Å². The summed E-state index contributed by atoms with van der Waals surface area (Å²) in [5.41, 5.74) is 3.35. The van der Waals surface area contributed by atoms with Crippen LogP contribution in [0, 0.1) is 5.82 Å². The molecule has 2 aromatic carbocycles. The minimum atomic E-state index is -0.379. The number of benzene rings is 2. The highest BCUT2D eigenvalue weighted by Crippen LogP contribution is 2.25. The minimum absolute atomic E-state index is 0.299. The van der Waals surface area contributed by atoms with Crippen molar-refractivity contribution >= 4 is 28.6 Å². The Balaban J connectivity index is 1.40. The van der Waals surface area contributed by atoms with Gasteiger partial charge in [0.1, 0.15) is 5.82 Å². The van der Waals surface area contributed by atoms with Gasteiger partial charge in [-0.05, 0) is 60.0 Å². The van der Waals surface area contributed by atoms with Crippen LogP contribution in [0.2, 0.25) is 0 Å². The maximum Gasteiger partial charge on any atom is 0.255 e. The topological polar surface area (TPSA) is 72.2 Å². The van der Waals surface area contributed by atoms with Crippen LogP contribution < -0.4 is 5.32 Å². The summed E-state index contributed by atoms with van der Waals surface area (Å²) in [4.78, 5) is 13.3. The first-order chi connectivity index (χ1) is 14.7. The molecule has 0 aliphatic heterocycles. The van der Waals surface area contributed by atoms with Crippen LogP contribution in [0.1, 0.15) is 10.4 Å². The molecule has 0 aliphatic rings. The molecular weight excluding hydrogens is 401 g/mol. The van der Waals surface area contributed by atoms with Crippen molar-refractivity contribution in [3.8, 4) is 22.0 Å². The molecule has 1 amide bonds. The van der Waals surface area contributed by atoms with E-state index in [-0.39, 0.29) is 11.7 Å². The largest absolute Gasteiger partial charge is 0.322 e. The molecule has 1 N–H and O–H groups in total. The zero-order valence-electron chi connectivity index (χ0n) is 15.5. The molecule has 0 aliphatic carbocycles. The standard InChI is InChI=1S/C22H14FN5OS/c23-16-7-3-15(4-8-16)22(29)24-17-9-5-14(6-10-17)18-11-12-20-25-26-21(28(20)27-18)19-2-1-13-30-19/h1-13H,(H,24,29). The van der Waals surface area contributed by atoms with Crippen molar-refractivity contribution in [3.63, 3.8) is 0 Å². The lowest BCUT2D eigenvalue weighted by Crippen LogP contribution is -2.11. The molecule has 0 spiro atoms. The van der Waals surface area contributed by atoms with Crippen LogP contribution in [-0.2, 0) is 0 Å². The molecule has 30 heavy (non-hydrogen) atoms. The van der Waals surface area contributed by atoms with Crippen LogP contribution in [0.15, 0.2) is 78.2 Å². The number of carbonyl (C=O) groups excluding carboxylic acids is 1. The Hall–Kier alpha value is -3.91. The van der Waals surface area contributed by atoms with E-state index in [1.54, 1.807) is 28.0 Å². The predicted molar refractivity (Wildman–Crippen MR) is 114 cm³/mol. The van der Waals surface area contributed by atoms with Crippen LogP contribution in [0.4, 0.5) is 10.1 Å². The number of anilines is 1. The number of amides is 1. The maximum atomic E-state index is 13.0. The first kappa shape index (κ1) is 18.1. The Morgan fingerprint density at radius 3 is 2.47 bits per heavy atom. The molecule has 146 valence electrons. The number of nitrogens with one attached hydrogen (secondary N) is 1. The monoisotopic (exact) mass is 415 g/mol. The van der Waals surface area contributed by atoms with Crippen molar-refractivity contribution in [2.24, 2.45) is 0 Å². The maximum absolute atomic E-state index is 13.0. The van der Waals surface area contributed by atoms with E-state index in [9.17, 15) is 9.18 Å². The molecule has 0 fully saturated rings. The van der Waals surface area contributed by atoms with E-state index in [0.717, 1.165) is 16.1 Å². The molecule has 0 bridgehead atoms. The average molecular weight is 415 g/mol. The lowest BCUT2D eigenvalue weighted by atomic mass is 10.1. The van der Waals surface area contributed by atoms with Crippen LogP contribution in [0.5, 0.6) is 0 Å². The highest BCUT2D eigenvalue weighted by atomic mass is 32.1. The summed E-state index contributed by atoms with van der Waals surface area (Å²) in [5, 5.41) is 17.9. The third-order valence-electron chi connectivity index (χ3n) is 4.55. The molecule has 5 aromatic rings. The van der Waals surface area contributed by atoms with Gasteiger partial charge in [-0.3, -0.25) is 4.79 Å². The summed E-state index contributed by atoms with van der Waals surface area (Å²) in [5.74, 6) is 0.0214. The van der Waals surface area contributed by atoms with Crippen LogP contribution in [-0.4, -0.2) is 25.7 Å². The Bertz CT molecular complexity index is 1330. The van der Waals surface area contributed by atoms with Crippen molar-refractivity contribution in [3.05, 3.63) is 89.6 Å². The summed E-state index contributed by atoms with van der Waals surface area (Å²) < 4.78 is 14.7. The van der Waals surface area contributed by atoms with Gasteiger partial charge in [0.15, 0.2) is 11.5 Å². The van der Waals surface area contributed by atoms with Crippen LogP contribution in [0.3, 0.4) is 0 Å². The van der Waals surface area contributed by atoms with E-state index in [4.69, 9.17) is 0 Å². The number of carbonyl (C=O) groups is 1. The van der Waals surface area contributed by atoms with Gasteiger partial charge in [0.05, 0.1) is 10.6 Å². The molecule has 6 nitrogen and oxygen atoms in total. The molecule has 0 atom stereocenters. The fourth-order valence-electron chi connectivity index (χ4n) is 3.03. The van der Waals surface area contributed by atoms with Crippen molar-refractivity contribution in [1.29, 1.82) is 0 Å². The second-order valence-corrected chi connectivity index (χ2v) is 7.48. The molecule has 3 aromatic heterocycles. The van der Waals surface area contributed by atoms with E-state index in [1.165, 1.54) is 24.3 Å². The summed E-state index contributed by atoms with van der Waals surface area (Å²) in [6.07, 6.45) is 0. The predicted octanol–water partition coefficient (Wildman–Crippen LogP) is 4.91. The lowest BCUT2D eigenvalue weighted by molar-refractivity contribution is 0.102. The van der Waals surface area contributed by atoms with Crippen molar-refractivity contribution < 1.29 is 9.18 Å². The van der Waals surface area contributed by atoms with Crippen LogP contribution in [0.25, 0.3) is 27.6 Å². The van der Waals surface area contributed by atoms with Crippen molar-refractivity contribution in [2.75, 3.05) is 5.32 Å². The van der Waals surface area contributed by atoms with Crippen LogP contribution >= 0.6 is 11.3 Å². The van der Waals surface area contributed by atoms with Gasteiger partial charge in [0, 0.05) is 16.8 Å². The van der Waals surface area contributed by atoms with Crippen molar-refractivity contribution in [2.45, 2.75) is 0 Å². The number of nitrogens with zero attached hydrogens (tertiary/aromatic N) is 4. The molecule has 0 saturated carbocycles. The van der Waals surface area contributed by atoms with E-state index in [0.29, 0.717) is 22.7 Å². The number of halogens is 1. The molecule has 5 rings (SSSR count). The van der Waals surface area contributed by atoms with Gasteiger partial charge in [-0.2, -0.15) is 9.61 Å². The summed E-state index contributed by atoms with van der Waals surface area (Å²) in [7, 11) is 0. The number of rotatable bonds is 4.